The van der Waals surface area contributed by atoms with E-state index in [0.29, 0.717) is 6.10 Å². The smallest absolute Gasteiger partial charge is 0.0607 e. The van der Waals surface area contributed by atoms with Crippen molar-refractivity contribution in [3.8, 4) is 0 Å². The van der Waals surface area contributed by atoms with E-state index in [4.69, 9.17) is 10.5 Å². The van der Waals surface area contributed by atoms with Gasteiger partial charge < -0.3 is 15.4 Å². The molecule has 2 N–H and O–H groups in total. The molecule has 0 heterocycles. The van der Waals surface area contributed by atoms with Crippen LogP contribution in [0.3, 0.4) is 0 Å². The molecule has 0 aliphatic heterocycles. The van der Waals surface area contributed by atoms with E-state index >= 15 is 0 Å². The summed E-state index contributed by atoms with van der Waals surface area (Å²) in [6.07, 6.45) is 3.84. The second-order valence-electron chi connectivity index (χ2n) is 5.65. The molecular formula is C15H33N3O. The Hall–Kier alpha value is -0.160. The molecule has 114 valence electrons. The van der Waals surface area contributed by atoms with Crippen LogP contribution in [0.1, 0.15) is 40.0 Å². The van der Waals surface area contributed by atoms with Crippen molar-refractivity contribution in [1.82, 2.24) is 9.80 Å². The van der Waals surface area contributed by atoms with Gasteiger partial charge in [-0.15, -0.1) is 0 Å². The van der Waals surface area contributed by atoms with Crippen molar-refractivity contribution in [2.45, 2.75) is 51.7 Å². The van der Waals surface area contributed by atoms with E-state index in [9.17, 15) is 0 Å². The average Bonchev–Trinajstić information content (AvgIpc) is 2.40. The lowest BCUT2D eigenvalue weighted by atomic mass is 9.72. The zero-order valence-electron chi connectivity index (χ0n) is 13.3. The normalized spacial score (nSPS) is 27.0. The van der Waals surface area contributed by atoms with E-state index in [1.54, 1.807) is 0 Å². The molecule has 19 heavy (non-hydrogen) atoms. The summed E-state index contributed by atoms with van der Waals surface area (Å²) in [6, 6.07) is 0. The standard InChI is InChI=1S/C15H33N3O/c1-5-17(6-2)9-8-10-18(7-3)15(13-16)11-14(12-15)19-4/h14H,5-13,16H2,1-4H3. The molecular weight excluding hydrogens is 238 g/mol. The van der Waals surface area contributed by atoms with Gasteiger partial charge in [0.2, 0.25) is 0 Å². The van der Waals surface area contributed by atoms with Crippen LogP contribution in [-0.2, 0) is 4.74 Å². The van der Waals surface area contributed by atoms with Gasteiger partial charge in [-0.2, -0.15) is 0 Å². The molecule has 0 spiro atoms. The van der Waals surface area contributed by atoms with Crippen molar-refractivity contribution in [2.75, 3.05) is 46.4 Å². The van der Waals surface area contributed by atoms with E-state index in [-0.39, 0.29) is 5.54 Å². The lowest BCUT2D eigenvalue weighted by molar-refractivity contribution is -0.0862. The fourth-order valence-electron chi connectivity index (χ4n) is 3.26. The van der Waals surface area contributed by atoms with Crippen LogP contribution in [0.5, 0.6) is 0 Å². The highest BCUT2D eigenvalue weighted by Gasteiger charge is 2.46. The van der Waals surface area contributed by atoms with Crippen molar-refractivity contribution in [2.24, 2.45) is 5.73 Å². The molecule has 1 saturated carbocycles. The van der Waals surface area contributed by atoms with E-state index in [2.05, 4.69) is 30.6 Å². The Bertz CT molecular complexity index is 238. The van der Waals surface area contributed by atoms with Crippen molar-refractivity contribution in [3.05, 3.63) is 0 Å². The average molecular weight is 271 g/mol. The third kappa shape index (κ3) is 4.15. The summed E-state index contributed by atoms with van der Waals surface area (Å²) < 4.78 is 5.42. The summed E-state index contributed by atoms with van der Waals surface area (Å²) in [5.74, 6) is 0. The highest BCUT2D eigenvalue weighted by atomic mass is 16.5. The van der Waals surface area contributed by atoms with E-state index < -0.39 is 0 Å². The number of likely N-dealkylation sites (N-methyl/N-ethyl adjacent to an activating group) is 1. The second kappa shape index (κ2) is 8.20. The highest BCUT2D eigenvalue weighted by Crippen LogP contribution is 2.38. The van der Waals surface area contributed by atoms with Crippen LogP contribution in [0.15, 0.2) is 0 Å². The van der Waals surface area contributed by atoms with Crippen LogP contribution in [-0.4, -0.2) is 67.8 Å². The van der Waals surface area contributed by atoms with E-state index in [0.717, 1.165) is 45.6 Å². The Morgan fingerprint density at radius 1 is 1.11 bits per heavy atom. The molecule has 0 atom stereocenters. The minimum absolute atomic E-state index is 0.207. The van der Waals surface area contributed by atoms with Crippen molar-refractivity contribution < 1.29 is 4.74 Å². The summed E-state index contributed by atoms with van der Waals surface area (Å²) >= 11 is 0. The topological polar surface area (TPSA) is 41.7 Å². The van der Waals surface area contributed by atoms with Crippen LogP contribution in [0.4, 0.5) is 0 Å². The number of methoxy groups -OCH3 is 1. The van der Waals surface area contributed by atoms with Gasteiger partial charge in [0, 0.05) is 19.2 Å². The summed E-state index contributed by atoms with van der Waals surface area (Å²) in [5.41, 5.74) is 6.25. The van der Waals surface area contributed by atoms with Crippen molar-refractivity contribution >= 4 is 0 Å². The molecule has 1 rings (SSSR count). The molecule has 0 radical (unpaired) electrons. The van der Waals surface area contributed by atoms with E-state index in [1.807, 2.05) is 7.11 Å². The Labute approximate surface area is 119 Å². The first-order valence-corrected chi connectivity index (χ1v) is 7.86. The molecule has 0 saturated heterocycles. The molecule has 4 heteroatoms. The zero-order valence-corrected chi connectivity index (χ0v) is 13.3. The van der Waals surface area contributed by atoms with Crippen molar-refractivity contribution in [3.63, 3.8) is 0 Å². The number of nitrogens with two attached hydrogens (primary N) is 1. The van der Waals surface area contributed by atoms with Gasteiger partial charge >= 0.3 is 0 Å². The zero-order chi connectivity index (χ0) is 14.3. The van der Waals surface area contributed by atoms with Gasteiger partial charge in [-0.1, -0.05) is 20.8 Å². The molecule has 0 aromatic rings. The molecule has 1 aliphatic rings. The van der Waals surface area contributed by atoms with E-state index in [1.165, 1.54) is 13.0 Å². The van der Waals surface area contributed by atoms with Gasteiger partial charge in [0.1, 0.15) is 0 Å². The Balaban J connectivity index is 2.40. The monoisotopic (exact) mass is 271 g/mol. The maximum absolute atomic E-state index is 6.04. The summed E-state index contributed by atoms with van der Waals surface area (Å²) in [7, 11) is 1.81. The van der Waals surface area contributed by atoms with Crippen LogP contribution >= 0.6 is 0 Å². The first-order chi connectivity index (χ1) is 9.15. The number of rotatable bonds is 10. The Morgan fingerprint density at radius 3 is 2.16 bits per heavy atom. The second-order valence-corrected chi connectivity index (χ2v) is 5.65. The van der Waals surface area contributed by atoms with Gasteiger partial charge in [0.05, 0.1) is 6.10 Å². The minimum Gasteiger partial charge on any atom is -0.381 e. The molecule has 1 aliphatic carbocycles. The lowest BCUT2D eigenvalue weighted by Gasteiger charge is -2.53. The lowest BCUT2D eigenvalue weighted by Crippen LogP contribution is -2.64. The predicted molar refractivity (Wildman–Crippen MR) is 81.5 cm³/mol. The third-order valence-electron chi connectivity index (χ3n) is 4.78. The third-order valence-corrected chi connectivity index (χ3v) is 4.78. The van der Waals surface area contributed by atoms with Gasteiger partial charge in [-0.3, -0.25) is 4.90 Å². The van der Waals surface area contributed by atoms with Gasteiger partial charge in [0.15, 0.2) is 0 Å². The summed E-state index contributed by atoms with van der Waals surface area (Å²) in [4.78, 5) is 5.06. The highest BCUT2D eigenvalue weighted by molar-refractivity contribution is 5.04. The fraction of sp³-hybridized carbons (Fsp3) is 1.00. The summed E-state index contributed by atoms with van der Waals surface area (Å²) in [6.45, 7) is 13.2. The molecule has 0 aromatic carbocycles. The van der Waals surface area contributed by atoms with Gasteiger partial charge in [-0.05, 0) is 52.0 Å². The number of hydrogen-bond donors (Lipinski definition) is 1. The van der Waals surface area contributed by atoms with Crippen molar-refractivity contribution in [1.29, 1.82) is 0 Å². The van der Waals surface area contributed by atoms with Crippen LogP contribution in [0.25, 0.3) is 0 Å². The SMILES string of the molecule is CCN(CC)CCCN(CC)C1(CN)CC(OC)C1. The number of hydrogen-bond acceptors (Lipinski definition) is 4. The molecule has 1 fully saturated rings. The van der Waals surface area contributed by atoms with Crippen LogP contribution in [0.2, 0.25) is 0 Å². The number of nitrogens with zero attached hydrogens (tertiary/aromatic N) is 2. The minimum atomic E-state index is 0.207. The molecule has 0 amide bonds. The maximum Gasteiger partial charge on any atom is 0.0607 e. The molecule has 0 bridgehead atoms. The van der Waals surface area contributed by atoms with Crippen LogP contribution in [0, 0.1) is 0 Å². The van der Waals surface area contributed by atoms with Crippen LogP contribution < -0.4 is 5.73 Å². The first kappa shape index (κ1) is 16.9. The molecule has 4 nitrogen and oxygen atoms in total. The first-order valence-electron chi connectivity index (χ1n) is 7.86. The summed E-state index contributed by atoms with van der Waals surface area (Å²) in [5, 5.41) is 0. The van der Waals surface area contributed by atoms with Gasteiger partial charge in [-0.25, -0.2) is 0 Å². The Morgan fingerprint density at radius 2 is 1.74 bits per heavy atom. The molecule has 0 aromatic heterocycles. The fourth-order valence-corrected chi connectivity index (χ4v) is 3.26. The maximum atomic E-state index is 6.04. The largest absolute Gasteiger partial charge is 0.381 e. The van der Waals surface area contributed by atoms with Gasteiger partial charge in [0.25, 0.3) is 0 Å². The molecule has 0 unspecified atom stereocenters. The number of ether oxygens (including phenoxy) is 1. The predicted octanol–water partition coefficient (Wildman–Crippen LogP) is 1.55. The quantitative estimate of drug-likeness (QED) is 0.654. The Kier molecular flexibility index (Phi) is 7.29.